The highest BCUT2D eigenvalue weighted by Gasteiger charge is 2.28. The first-order valence-electron chi connectivity index (χ1n) is 6.73. The van der Waals surface area contributed by atoms with E-state index in [1.807, 2.05) is 0 Å². The molecule has 0 saturated heterocycles. The molecule has 0 N–H and O–H groups in total. The van der Waals surface area contributed by atoms with Crippen LogP contribution < -0.4 is 0 Å². The lowest BCUT2D eigenvalue weighted by molar-refractivity contribution is 0.599. The maximum absolute atomic E-state index is 2.42. The Bertz CT molecular complexity index is 462. The lowest BCUT2D eigenvalue weighted by Gasteiger charge is -2.40. The fourth-order valence-corrected chi connectivity index (χ4v) is 5.78. The summed E-state index contributed by atoms with van der Waals surface area (Å²) in [6.45, 7) is 4.72. The van der Waals surface area contributed by atoms with Crippen LogP contribution in [0.5, 0.6) is 0 Å². The van der Waals surface area contributed by atoms with E-state index < -0.39 is 10.0 Å². The van der Waals surface area contributed by atoms with Crippen molar-refractivity contribution in [1.82, 2.24) is 0 Å². The van der Waals surface area contributed by atoms with Crippen molar-refractivity contribution in [3.63, 3.8) is 0 Å². The molecule has 0 aliphatic rings. The summed E-state index contributed by atoms with van der Waals surface area (Å²) in [5.41, 5.74) is 1.65. The minimum absolute atomic E-state index is 0.218. The SMILES string of the molecule is CC(C)(CS(C)(C)c1ccccc1)c1ccccc1. The molecule has 102 valence electrons. The second-order valence-corrected chi connectivity index (χ2v) is 10.1. The summed E-state index contributed by atoms with van der Waals surface area (Å²) < 4.78 is 0. The van der Waals surface area contributed by atoms with Crippen molar-refractivity contribution in [2.75, 3.05) is 18.3 Å². The minimum Gasteiger partial charge on any atom is -0.220 e. The molecule has 0 unspecified atom stereocenters. The van der Waals surface area contributed by atoms with Crippen LogP contribution >= 0.6 is 10.0 Å². The fraction of sp³-hybridized carbons (Fsp3) is 0.333. The molecule has 0 nitrogen and oxygen atoms in total. The minimum atomic E-state index is -0.766. The molecule has 0 fully saturated rings. The molecule has 1 heteroatoms. The fourth-order valence-electron chi connectivity index (χ4n) is 2.75. The zero-order valence-corrected chi connectivity index (χ0v) is 13.2. The van der Waals surface area contributed by atoms with Crippen molar-refractivity contribution in [3.8, 4) is 0 Å². The average molecular weight is 272 g/mol. The van der Waals surface area contributed by atoms with Crippen molar-refractivity contribution in [3.05, 3.63) is 66.2 Å². The average Bonchev–Trinajstić information content (AvgIpc) is 2.40. The third kappa shape index (κ3) is 3.42. The van der Waals surface area contributed by atoms with E-state index >= 15 is 0 Å². The van der Waals surface area contributed by atoms with E-state index in [-0.39, 0.29) is 5.41 Å². The van der Waals surface area contributed by atoms with Crippen molar-refractivity contribution in [1.29, 1.82) is 0 Å². The standard InChI is InChI=1S/C18H24S/c1-18(2,16-11-7-5-8-12-16)15-19(3,4)17-13-9-6-10-14-17/h5-14H,15H2,1-4H3. The van der Waals surface area contributed by atoms with Gasteiger partial charge in [0.1, 0.15) is 0 Å². The molecule has 0 aliphatic carbocycles. The van der Waals surface area contributed by atoms with E-state index in [0.29, 0.717) is 0 Å². The molecule has 19 heavy (non-hydrogen) atoms. The van der Waals surface area contributed by atoms with Crippen molar-refractivity contribution >= 4 is 10.0 Å². The summed E-state index contributed by atoms with van der Waals surface area (Å²) in [5.74, 6) is 1.22. The summed E-state index contributed by atoms with van der Waals surface area (Å²) in [6, 6.07) is 21.8. The Kier molecular flexibility index (Phi) is 4.05. The zero-order valence-electron chi connectivity index (χ0n) is 12.4. The van der Waals surface area contributed by atoms with Crippen LogP contribution in [0, 0.1) is 0 Å². The quantitative estimate of drug-likeness (QED) is 0.727. The van der Waals surface area contributed by atoms with Gasteiger partial charge >= 0.3 is 0 Å². The van der Waals surface area contributed by atoms with Crippen LogP contribution in [0.15, 0.2) is 65.6 Å². The molecule has 0 aromatic heterocycles. The lowest BCUT2D eigenvalue weighted by Crippen LogP contribution is -2.26. The van der Waals surface area contributed by atoms with Crippen LogP contribution in [0.2, 0.25) is 0 Å². The van der Waals surface area contributed by atoms with Crippen molar-refractivity contribution in [2.24, 2.45) is 0 Å². The van der Waals surface area contributed by atoms with Gasteiger partial charge in [0.05, 0.1) is 0 Å². The van der Waals surface area contributed by atoms with Crippen molar-refractivity contribution < 1.29 is 0 Å². The predicted molar refractivity (Wildman–Crippen MR) is 88.5 cm³/mol. The topological polar surface area (TPSA) is 0 Å². The number of hydrogen-bond donors (Lipinski definition) is 0. The number of benzene rings is 2. The maximum Gasteiger partial charge on any atom is -0.00246 e. The van der Waals surface area contributed by atoms with Crippen LogP contribution in [0.25, 0.3) is 0 Å². The molecular formula is C18H24S. The van der Waals surface area contributed by atoms with Gasteiger partial charge < -0.3 is 0 Å². The smallest absolute Gasteiger partial charge is 0.00246 e. The highest BCUT2D eigenvalue weighted by atomic mass is 32.3. The van der Waals surface area contributed by atoms with Crippen LogP contribution in [0.3, 0.4) is 0 Å². The Morgan fingerprint density at radius 3 is 1.79 bits per heavy atom. The highest BCUT2D eigenvalue weighted by Crippen LogP contribution is 2.53. The second kappa shape index (κ2) is 5.42. The van der Waals surface area contributed by atoms with Gasteiger partial charge in [-0.3, -0.25) is 0 Å². The molecular weight excluding hydrogens is 248 g/mol. The van der Waals surface area contributed by atoms with E-state index in [0.717, 1.165) is 0 Å². The Balaban J connectivity index is 2.25. The third-order valence-electron chi connectivity index (χ3n) is 3.66. The summed E-state index contributed by atoms with van der Waals surface area (Å²) in [5, 5.41) is 0. The molecule has 2 aromatic rings. The molecule has 2 aromatic carbocycles. The van der Waals surface area contributed by atoms with Gasteiger partial charge in [-0.05, 0) is 34.1 Å². The lowest BCUT2D eigenvalue weighted by atomic mass is 9.87. The van der Waals surface area contributed by atoms with E-state index in [9.17, 15) is 0 Å². The molecule has 0 heterocycles. The van der Waals surface area contributed by atoms with E-state index in [4.69, 9.17) is 0 Å². The largest absolute Gasteiger partial charge is 0.220 e. The monoisotopic (exact) mass is 272 g/mol. The molecule has 0 radical (unpaired) electrons. The first kappa shape index (κ1) is 14.2. The first-order valence-corrected chi connectivity index (χ1v) is 9.35. The van der Waals surface area contributed by atoms with Crippen molar-refractivity contribution in [2.45, 2.75) is 24.2 Å². The van der Waals surface area contributed by atoms with Gasteiger partial charge in [-0.25, -0.2) is 10.0 Å². The third-order valence-corrected chi connectivity index (χ3v) is 6.65. The van der Waals surface area contributed by atoms with Crippen LogP contribution in [0.1, 0.15) is 19.4 Å². The second-order valence-electron chi connectivity index (χ2n) is 6.25. The molecule has 2 rings (SSSR count). The molecule has 0 amide bonds. The number of hydrogen-bond acceptors (Lipinski definition) is 0. The van der Waals surface area contributed by atoms with Gasteiger partial charge in [-0.1, -0.05) is 74.5 Å². The first-order chi connectivity index (χ1) is 8.92. The van der Waals surface area contributed by atoms with E-state index in [2.05, 4.69) is 87.0 Å². The van der Waals surface area contributed by atoms with Gasteiger partial charge in [0.15, 0.2) is 0 Å². The zero-order chi connectivity index (χ0) is 13.9. The summed E-state index contributed by atoms with van der Waals surface area (Å²) in [6.07, 6.45) is 4.85. The van der Waals surface area contributed by atoms with Gasteiger partial charge in [0.25, 0.3) is 0 Å². The Hall–Kier alpha value is -1.21. The Morgan fingerprint density at radius 2 is 1.26 bits per heavy atom. The summed E-state index contributed by atoms with van der Waals surface area (Å²) in [4.78, 5) is 1.50. The summed E-state index contributed by atoms with van der Waals surface area (Å²) >= 11 is 0. The molecule has 0 aliphatic heterocycles. The molecule has 0 bridgehead atoms. The van der Waals surface area contributed by atoms with Gasteiger partial charge in [0.2, 0.25) is 0 Å². The Labute approximate surface area is 119 Å². The highest BCUT2D eigenvalue weighted by molar-refractivity contribution is 8.32. The molecule has 0 saturated carbocycles. The van der Waals surface area contributed by atoms with Crippen LogP contribution in [-0.4, -0.2) is 18.3 Å². The maximum atomic E-state index is 2.42. The van der Waals surface area contributed by atoms with Crippen LogP contribution in [0.4, 0.5) is 0 Å². The van der Waals surface area contributed by atoms with E-state index in [1.54, 1.807) is 0 Å². The van der Waals surface area contributed by atoms with Crippen LogP contribution in [-0.2, 0) is 5.41 Å². The van der Waals surface area contributed by atoms with E-state index in [1.165, 1.54) is 16.2 Å². The summed E-state index contributed by atoms with van der Waals surface area (Å²) in [7, 11) is -0.766. The Morgan fingerprint density at radius 1 is 0.789 bits per heavy atom. The predicted octanol–water partition coefficient (Wildman–Crippen LogP) is 5.09. The normalized spacial score (nSPS) is 13.3. The number of rotatable bonds is 4. The van der Waals surface area contributed by atoms with Gasteiger partial charge in [-0.2, -0.15) is 0 Å². The molecule has 0 atom stereocenters. The van der Waals surface area contributed by atoms with Gasteiger partial charge in [0, 0.05) is 0 Å². The van der Waals surface area contributed by atoms with Gasteiger partial charge in [-0.15, -0.1) is 0 Å². The molecule has 0 spiro atoms.